The summed E-state index contributed by atoms with van der Waals surface area (Å²) < 4.78 is 37.9. The molecule has 2 aromatic carbocycles. The van der Waals surface area contributed by atoms with Gasteiger partial charge in [-0.1, -0.05) is 0 Å². The first kappa shape index (κ1) is 25.5. The second-order valence-electron chi connectivity index (χ2n) is 6.88. The van der Waals surface area contributed by atoms with Crippen molar-refractivity contribution in [2.24, 2.45) is 0 Å². The molecule has 174 valence electrons. The molecule has 0 bridgehead atoms. The lowest BCUT2D eigenvalue weighted by Gasteiger charge is -2.14. The molecule has 9 nitrogen and oxygen atoms in total. The van der Waals surface area contributed by atoms with Crippen LogP contribution in [0.1, 0.15) is 0 Å². The number of aromatic nitrogens is 2. The Morgan fingerprint density at radius 2 is 1.72 bits per heavy atom. The molecule has 0 saturated heterocycles. The van der Waals surface area contributed by atoms with E-state index in [9.17, 15) is 13.5 Å². The predicted octanol–water partition coefficient (Wildman–Crippen LogP) is 2.07. The van der Waals surface area contributed by atoms with E-state index < -0.39 is 16.1 Å². The molecule has 0 aliphatic carbocycles. The third-order valence-electron chi connectivity index (χ3n) is 4.17. The summed E-state index contributed by atoms with van der Waals surface area (Å²) in [4.78, 5) is 4.02. The van der Waals surface area contributed by atoms with Gasteiger partial charge in [-0.15, -0.1) is 12.4 Å². The molecule has 0 amide bonds. The molecule has 32 heavy (non-hydrogen) atoms. The quantitative estimate of drug-likeness (QED) is 0.338. The van der Waals surface area contributed by atoms with Crippen LogP contribution in [0.2, 0.25) is 0 Å². The highest BCUT2D eigenvalue weighted by Crippen LogP contribution is 2.17. The number of imidazole rings is 1. The number of ether oxygens (including phenoxy) is 2. The van der Waals surface area contributed by atoms with Gasteiger partial charge < -0.3 is 24.5 Å². The molecule has 1 heterocycles. The summed E-state index contributed by atoms with van der Waals surface area (Å²) in [6, 6.07) is 14.2. The molecular weight excluding hydrogens is 456 g/mol. The van der Waals surface area contributed by atoms with E-state index in [1.54, 1.807) is 36.8 Å². The number of rotatable bonds is 12. The molecule has 0 spiro atoms. The van der Waals surface area contributed by atoms with E-state index >= 15 is 0 Å². The lowest BCUT2D eigenvalue weighted by Crippen LogP contribution is -2.33. The highest BCUT2D eigenvalue weighted by atomic mass is 35.5. The first-order valence-electron chi connectivity index (χ1n) is 9.70. The van der Waals surface area contributed by atoms with Gasteiger partial charge in [-0.3, -0.25) is 4.72 Å². The number of nitrogens with one attached hydrogen (secondary N) is 2. The van der Waals surface area contributed by atoms with Gasteiger partial charge in [0.2, 0.25) is 10.0 Å². The third kappa shape index (κ3) is 8.75. The average Bonchev–Trinajstić information content (AvgIpc) is 3.27. The van der Waals surface area contributed by atoms with Crippen LogP contribution < -0.4 is 19.5 Å². The van der Waals surface area contributed by atoms with Crippen LogP contribution in [-0.4, -0.2) is 61.7 Å². The van der Waals surface area contributed by atoms with Gasteiger partial charge in [0.1, 0.15) is 30.8 Å². The van der Waals surface area contributed by atoms with Crippen molar-refractivity contribution in [3.63, 3.8) is 0 Å². The Balaban J connectivity index is 0.00000363. The molecule has 3 aromatic rings. The molecule has 11 heteroatoms. The second-order valence-corrected chi connectivity index (χ2v) is 8.63. The fourth-order valence-electron chi connectivity index (χ4n) is 2.72. The van der Waals surface area contributed by atoms with Crippen LogP contribution in [0, 0.1) is 0 Å². The summed E-state index contributed by atoms with van der Waals surface area (Å²) in [5.41, 5.74) is 1.46. The number of hydrogen-bond donors (Lipinski definition) is 3. The van der Waals surface area contributed by atoms with Gasteiger partial charge in [0.15, 0.2) is 0 Å². The number of halogens is 1. The lowest BCUT2D eigenvalue weighted by molar-refractivity contribution is 0.105. The highest BCUT2D eigenvalue weighted by Gasteiger charge is 2.06. The predicted molar refractivity (Wildman–Crippen MR) is 126 cm³/mol. The molecule has 0 radical (unpaired) electrons. The number of benzene rings is 2. The van der Waals surface area contributed by atoms with Crippen molar-refractivity contribution in [2.75, 3.05) is 37.3 Å². The number of aliphatic hydroxyl groups is 1. The van der Waals surface area contributed by atoms with E-state index in [0.29, 0.717) is 31.1 Å². The van der Waals surface area contributed by atoms with E-state index in [1.807, 2.05) is 35.0 Å². The van der Waals surface area contributed by atoms with E-state index in [2.05, 4.69) is 15.0 Å². The summed E-state index contributed by atoms with van der Waals surface area (Å²) >= 11 is 0. The Morgan fingerprint density at radius 1 is 1.06 bits per heavy atom. The smallest absolute Gasteiger partial charge is 0.229 e. The number of anilines is 1. The summed E-state index contributed by atoms with van der Waals surface area (Å²) in [5.74, 6) is 1.31. The SMILES string of the molecule is CS(=O)(=O)Nc1ccc(OCC(O)CNCCOc2ccc(-n3ccnc3)cc2)cc1.Cl. The maximum Gasteiger partial charge on any atom is 0.229 e. The zero-order chi connectivity index (χ0) is 22.1. The third-order valence-corrected chi connectivity index (χ3v) is 4.77. The molecule has 0 aliphatic rings. The van der Waals surface area contributed by atoms with Gasteiger partial charge in [0, 0.05) is 36.9 Å². The Morgan fingerprint density at radius 3 is 2.34 bits per heavy atom. The van der Waals surface area contributed by atoms with Crippen LogP contribution in [0.5, 0.6) is 11.5 Å². The second kappa shape index (κ2) is 12.3. The van der Waals surface area contributed by atoms with Crippen molar-refractivity contribution in [3.05, 3.63) is 67.3 Å². The van der Waals surface area contributed by atoms with E-state index in [0.717, 1.165) is 17.7 Å². The molecule has 3 rings (SSSR count). The fraction of sp³-hybridized carbons (Fsp3) is 0.286. The van der Waals surface area contributed by atoms with Crippen LogP contribution in [0.15, 0.2) is 67.3 Å². The van der Waals surface area contributed by atoms with Gasteiger partial charge in [-0.25, -0.2) is 13.4 Å². The van der Waals surface area contributed by atoms with E-state index in [-0.39, 0.29) is 19.0 Å². The Labute approximate surface area is 193 Å². The van der Waals surface area contributed by atoms with E-state index in [4.69, 9.17) is 9.47 Å². The number of hydrogen-bond acceptors (Lipinski definition) is 7. The summed E-state index contributed by atoms with van der Waals surface area (Å²) in [6.07, 6.45) is 5.73. The lowest BCUT2D eigenvalue weighted by atomic mass is 10.3. The first-order valence-corrected chi connectivity index (χ1v) is 11.6. The maximum absolute atomic E-state index is 11.2. The number of aliphatic hydroxyl groups excluding tert-OH is 1. The van der Waals surface area contributed by atoms with Gasteiger partial charge in [-0.05, 0) is 48.5 Å². The van der Waals surface area contributed by atoms with Crippen molar-refractivity contribution in [1.29, 1.82) is 0 Å². The minimum atomic E-state index is -3.31. The molecular formula is C21H27ClN4O5S. The zero-order valence-electron chi connectivity index (χ0n) is 17.5. The summed E-state index contributed by atoms with van der Waals surface area (Å²) in [7, 11) is -3.31. The Bertz CT molecular complexity index is 1030. The topological polar surface area (TPSA) is 115 Å². The zero-order valence-corrected chi connectivity index (χ0v) is 19.2. The molecule has 1 atom stereocenters. The highest BCUT2D eigenvalue weighted by molar-refractivity contribution is 7.92. The van der Waals surface area contributed by atoms with Crippen molar-refractivity contribution in [3.8, 4) is 17.2 Å². The van der Waals surface area contributed by atoms with Crippen LogP contribution >= 0.6 is 12.4 Å². The van der Waals surface area contributed by atoms with Crippen LogP contribution in [0.4, 0.5) is 5.69 Å². The van der Waals surface area contributed by atoms with Gasteiger partial charge in [-0.2, -0.15) is 0 Å². The molecule has 0 fully saturated rings. The largest absolute Gasteiger partial charge is 0.492 e. The van der Waals surface area contributed by atoms with Crippen LogP contribution in [0.3, 0.4) is 0 Å². The van der Waals surface area contributed by atoms with Crippen LogP contribution in [0.25, 0.3) is 5.69 Å². The minimum Gasteiger partial charge on any atom is -0.492 e. The van der Waals surface area contributed by atoms with E-state index in [1.165, 1.54) is 0 Å². The standard InChI is InChI=1S/C21H26N4O5S.ClH/c1-31(27,28)24-17-2-6-21(7-3-17)30-15-19(26)14-22-11-13-29-20-8-4-18(5-9-20)25-12-10-23-16-25;/h2-10,12,16,19,22,24,26H,11,13-15H2,1H3;1H. The Kier molecular flexibility index (Phi) is 9.79. The maximum atomic E-state index is 11.2. The van der Waals surface area contributed by atoms with Crippen molar-refractivity contribution < 1.29 is 23.0 Å². The molecule has 0 saturated carbocycles. The van der Waals surface area contributed by atoms with Gasteiger partial charge >= 0.3 is 0 Å². The molecule has 1 unspecified atom stereocenters. The molecule has 1 aromatic heterocycles. The summed E-state index contributed by atoms with van der Waals surface area (Å²) in [6.45, 7) is 1.51. The number of nitrogens with zero attached hydrogens (tertiary/aromatic N) is 2. The van der Waals surface area contributed by atoms with Crippen molar-refractivity contribution in [1.82, 2.24) is 14.9 Å². The first-order chi connectivity index (χ1) is 14.9. The molecule has 3 N–H and O–H groups in total. The number of sulfonamides is 1. The van der Waals surface area contributed by atoms with Crippen molar-refractivity contribution in [2.45, 2.75) is 6.10 Å². The van der Waals surface area contributed by atoms with Gasteiger partial charge in [0.25, 0.3) is 0 Å². The van der Waals surface area contributed by atoms with Crippen molar-refractivity contribution >= 4 is 28.1 Å². The van der Waals surface area contributed by atoms with Gasteiger partial charge in [0.05, 0.1) is 12.6 Å². The molecule has 0 aliphatic heterocycles. The Hall–Kier alpha value is -2.79. The monoisotopic (exact) mass is 482 g/mol. The average molecular weight is 483 g/mol. The summed E-state index contributed by atoms with van der Waals surface area (Å²) in [5, 5.41) is 13.1. The minimum absolute atomic E-state index is 0. The normalized spacial score (nSPS) is 11.9. The fourth-order valence-corrected chi connectivity index (χ4v) is 3.28. The van der Waals surface area contributed by atoms with Crippen LogP contribution in [-0.2, 0) is 10.0 Å².